The first-order valence-corrected chi connectivity index (χ1v) is 8.95. The number of carbonyl (C=O) groups is 1. The van der Waals surface area contributed by atoms with Crippen LogP contribution < -0.4 is 0 Å². The molecule has 0 atom stereocenters. The van der Waals surface area contributed by atoms with Gasteiger partial charge in [0, 0.05) is 16.6 Å². The number of ether oxygens (including phenoxy) is 1. The van der Waals surface area contributed by atoms with Gasteiger partial charge in [0.1, 0.15) is 0 Å². The summed E-state index contributed by atoms with van der Waals surface area (Å²) in [4.78, 5) is 9.45. The molecule has 0 fully saturated rings. The van der Waals surface area contributed by atoms with Crippen molar-refractivity contribution < 1.29 is 17.9 Å². The van der Waals surface area contributed by atoms with E-state index in [4.69, 9.17) is 11.6 Å². The van der Waals surface area contributed by atoms with Crippen LogP contribution in [0.25, 0.3) is 10.9 Å². The molecule has 0 amide bonds. The Balaban J connectivity index is 0.000000368. The molecule has 5 nitrogen and oxygen atoms in total. The summed E-state index contributed by atoms with van der Waals surface area (Å²) in [5.74, 6) is 0. The van der Waals surface area contributed by atoms with E-state index in [9.17, 15) is 13.2 Å². The third-order valence-corrected chi connectivity index (χ3v) is 5.09. The quantitative estimate of drug-likeness (QED) is 0.661. The first-order chi connectivity index (χ1) is 11.5. The van der Waals surface area contributed by atoms with E-state index in [0.717, 1.165) is 5.39 Å². The Hall–Kier alpha value is -2.31. The van der Waals surface area contributed by atoms with Crippen LogP contribution in [0.5, 0.6) is 0 Å². The molecule has 2 aromatic carbocycles. The van der Waals surface area contributed by atoms with E-state index in [2.05, 4.69) is 4.74 Å². The minimum Gasteiger partial charge on any atom is -0.468 e. The average Bonchev–Trinajstić information content (AvgIpc) is 3.00. The second-order valence-electron chi connectivity index (χ2n) is 4.68. The largest absolute Gasteiger partial charge is 0.468 e. The highest BCUT2D eigenvalue weighted by Gasteiger charge is 2.18. The van der Waals surface area contributed by atoms with Gasteiger partial charge in [0.25, 0.3) is 16.5 Å². The van der Waals surface area contributed by atoms with E-state index < -0.39 is 10.0 Å². The molecule has 0 saturated carbocycles. The Kier molecular flexibility index (Phi) is 6.00. The van der Waals surface area contributed by atoms with Gasteiger partial charge in [0.15, 0.2) is 0 Å². The van der Waals surface area contributed by atoms with Crippen LogP contribution in [0.1, 0.15) is 6.92 Å². The first-order valence-electron chi connectivity index (χ1n) is 7.13. The number of carbonyl (C=O) groups excluding carboxylic acids is 1. The maximum atomic E-state index is 12.5. The second-order valence-corrected chi connectivity index (χ2v) is 6.94. The fourth-order valence-corrected chi connectivity index (χ4v) is 3.63. The number of fused-ring (bicyclic) bond motifs is 1. The topological polar surface area (TPSA) is 65.4 Å². The lowest BCUT2D eigenvalue weighted by atomic mass is 10.2. The van der Waals surface area contributed by atoms with Crippen LogP contribution in [-0.4, -0.2) is 25.5 Å². The van der Waals surface area contributed by atoms with Crippen LogP contribution in [0.3, 0.4) is 0 Å². The van der Waals surface area contributed by atoms with Crippen molar-refractivity contribution in [1.82, 2.24) is 3.97 Å². The Morgan fingerprint density at radius 2 is 1.83 bits per heavy atom. The molecule has 0 unspecified atom stereocenters. The summed E-state index contributed by atoms with van der Waals surface area (Å²) in [6, 6.07) is 15.2. The van der Waals surface area contributed by atoms with E-state index in [0.29, 0.717) is 23.6 Å². The van der Waals surface area contributed by atoms with Gasteiger partial charge in [-0.3, -0.25) is 4.79 Å². The van der Waals surface area contributed by atoms with E-state index in [-0.39, 0.29) is 4.90 Å². The van der Waals surface area contributed by atoms with Crippen LogP contribution in [0, 0.1) is 0 Å². The highest BCUT2D eigenvalue weighted by molar-refractivity contribution is 7.90. The van der Waals surface area contributed by atoms with Gasteiger partial charge in [-0.2, -0.15) is 0 Å². The van der Waals surface area contributed by atoms with E-state index >= 15 is 0 Å². The molecule has 126 valence electrons. The number of halogens is 1. The maximum Gasteiger partial charge on any atom is 0.293 e. The number of hydrogen-bond donors (Lipinski definition) is 0. The van der Waals surface area contributed by atoms with Gasteiger partial charge in [-0.1, -0.05) is 29.8 Å². The zero-order chi connectivity index (χ0) is 17.6. The Bertz CT molecular complexity index is 920. The zero-order valence-electron chi connectivity index (χ0n) is 12.9. The monoisotopic (exact) mass is 365 g/mol. The van der Waals surface area contributed by atoms with E-state index in [1.807, 2.05) is 0 Å². The smallest absolute Gasteiger partial charge is 0.293 e. The highest BCUT2D eigenvalue weighted by atomic mass is 35.5. The van der Waals surface area contributed by atoms with Crippen molar-refractivity contribution in [2.75, 3.05) is 6.61 Å². The summed E-state index contributed by atoms with van der Waals surface area (Å²) in [5.41, 5.74) is 0.619. The molecular formula is C17H16ClNO4S. The molecule has 0 aliphatic heterocycles. The second kappa shape index (κ2) is 7.99. The van der Waals surface area contributed by atoms with Crippen LogP contribution >= 0.6 is 11.6 Å². The van der Waals surface area contributed by atoms with Crippen LogP contribution in [0.15, 0.2) is 65.7 Å². The molecule has 1 heterocycles. The molecule has 0 aliphatic carbocycles. The zero-order valence-corrected chi connectivity index (χ0v) is 14.5. The molecule has 0 spiro atoms. The molecule has 0 saturated heterocycles. The van der Waals surface area contributed by atoms with Gasteiger partial charge in [0.2, 0.25) is 0 Å². The third-order valence-electron chi connectivity index (χ3n) is 3.15. The van der Waals surface area contributed by atoms with Crippen molar-refractivity contribution in [1.29, 1.82) is 0 Å². The molecule has 3 rings (SSSR count). The minimum atomic E-state index is -3.56. The SMILES string of the molecule is CCOC=O.O=S(=O)(c1ccccc1)n1ccc2cc(Cl)ccc21. The number of benzene rings is 2. The molecule has 0 radical (unpaired) electrons. The lowest BCUT2D eigenvalue weighted by molar-refractivity contribution is -0.128. The lowest BCUT2D eigenvalue weighted by Crippen LogP contribution is -2.11. The molecule has 7 heteroatoms. The average molecular weight is 366 g/mol. The van der Waals surface area contributed by atoms with Gasteiger partial charge in [0.05, 0.1) is 17.0 Å². The Morgan fingerprint density at radius 3 is 2.42 bits per heavy atom. The molecule has 0 aliphatic rings. The van der Waals surface area contributed by atoms with Gasteiger partial charge in [-0.15, -0.1) is 0 Å². The normalized spacial score (nSPS) is 10.8. The summed E-state index contributed by atoms with van der Waals surface area (Å²) in [6.07, 6.45) is 1.54. The van der Waals surface area contributed by atoms with Crippen LogP contribution in [-0.2, 0) is 19.6 Å². The number of nitrogens with zero attached hydrogens (tertiary/aromatic N) is 1. The Morgan fingerprint density at radius 1 is 1.12 bits per heavy atom. The van der Waals surface area contributed by atoms with Crippen molar-refractivity contribution in [2.45, 2.75) is 11.8 Å². The molecule has 1 aromatic heterocycles. The van der Waals surface area contributed by atoms with E-state index in [1.165, 1.54) is 3.97 Å². The van der Waals surface area contributed by atoms with E-state index in [1.54, 1.807) is 67.7 Å². The van der Waals surface area contributed by atoms with Gasteiger partial charge >= 0.3 is 0 Å². The maximum absolute atomic E-state index is 12.5. The van der Waals surface area contributed by atoms with Crippen molar-refractivity contribution in [2.24, 2.45) is 0 Å². The van der Waals surface area contributed by atoms with Gasteiger partial charge < -0.3 is 4.74 Å². The fourth-order valence-electron chi connectivity index (χ4n) is 2.07. The molecule has 0 bridgehead atoms. The fraction of sp³-hybridized carbons (Fsp3) is 0.118. The summed E-state index contributed by atoms with van der Waals surface area (Å²) < 4.78 is 30.5. The van der Waals surface area contributed by atoms with Crippen molar-refractivity contribution in [3.63, 3.8) is 0 Å². The molecule has 24 heavy (non-hydrogen) atoms. The van der Waals surface area contributed by atoms with Crippen molar-refractivity contribution >= 4 is 39.0 Å². The van der Waals surface area contributed by atoms with Crippen molar-refractivity contribution in [3.8, 4) is 0 Å². The number of rotatable bonds is 4. The summed E-state index contributed by atoms with van der Waals surface area (Å²) in [6.45, 7) is 2.66. The number of aromatic nitrogens is 1. The first kappa shape index (κ1) is 18.0. The third kappa shape index (κ3) is 3.96. The Labute approximate surface area is 145 Å². The van der Waals surface area contributed by atoms with Gasteiger partial charge in [-0.05, 0) is 43.3 Å². The van der Waals surface area contributed by atoms with Crippen molar-refractivity contribution in [3.05, 3.63) is 65.8 Å². The van der Waals surface area contributed by atoms with Gasteiger partial charge in [-0.25, -0.2) is 12.4 Å². The molecular weight excluding hydrogens is 350 g/mol. The summed E-state index contributed by atoms with van der Waals surface area (Å²) in [7, 11) is -3.56. The van der Waals surface area contributed by atoms with Crippen LogP contribution in [0.2, 0.25) is 5.02 Å². The highest BCUT2D eigenvalue weighted by Crippen LogP contribution is 2.24. The predicted molar refractivity (Wildman–Crippen MR) is 93.7 cm³/mol. The summed E-state index contributed by atoms with van der Waals surface area (Å²) >= 11 is 5.90. The number of hydrogen-bond acceptors (Lipinski definition) is 4. The molecule has 3 aromatic rings. The van der Waals surface area contributed by atoms with Crippen LogP contribution in [0.4, 0.5) is 0 Å². The summed E-state index contributed by atoms with van der Waals surface area (Å²) in [5, 5.41) is 1.38. The molecule has 0 N–H and O–H groups in total. The predicted octanol–water partition coefficient (Wildman–Crippen LogP) is 3.71. The standard InChI is InChI=1S/C14H10ClNO2S.C3H6O2/c15-12-6-7-14-11(10-12)8-9-16(14)19(17,18)13-4-2-1-3-5-13;1-2-5-3-4/h1-10H;3H,2H2,1H3. The lowest BCUT2D eigenvalue weighted by Gasteiger charge is -2.07. The minimum absolute atomic E-state index is 0.266.